The molecule has 16 heavy (non-hydrogen) atoms. The lowest BCUT2D eigenvalue weighted by atomic mass is 10.2. The van der Waals surface area contributed by atoms with Crippen LogP contribution in [0.4, 0.5) is 0 Å². The molecule has 1 fully saturated rings. The average Bonchev–Trinajstić information content (AvgIpc) is 2.89. The fraction of sp³-hybridized carbons (Fsp3) is 0.583. The third-order valence-electron chi connectivity index (χ3n) is 2.79. The van der Waals surface area contributed by atoms with Crippen molar-refractivity contribution in [3.8, 4) is 0 Å². The molecule has 4 nitrogen and oxygen atoms in total. The lowest BCUT2D eigenvalue weighted by molar-refractivity contribution is -0.123. The van der Waals surface area contributed by atoms with Gasteiger partial charge in [-0.1, -0.05) is 0 Å². The lowest BCUT2D eigenvalue weighted by Crippen LogP contribution is -2.43. The first-order chi connectivity index (χ1) is 7.66. The van der Waals surface area contributed by atoms with Gasteiger partial charge < -0.3 is 9.73 Å². The summed E-state index contributed by atoms with van der Waals surface area (Å²) in [6.45, 7) is 3.86. The highest BCUT2D eigenvalue weighted by atomic mass is 16.3. The molecule has 1 aliphatic rings. The van der Waals surface area contributed by atoms with Crippen LogP contribution in [0.15, 0.2) is 22.8 Å². The van der Waals surface area contributed by atoms with Crippen molar-refractivity contribution in [1.82, 2.24) is 10.6 Å². The van der Waals surface area contributed by atoms with Gasteiger partial charge in [-0.25, -0.2) is 0 Å². The van der Waals surface area contributed by atoms with E-state index in [-0.39, 0.29) is 18.0 Å². The highest BCUT2D eigenvalue weighted by Gasteiger charge is 2.26. The molecular weight excluding hydrogens is 204 g/mol. The molecule has 0 unspecified atom stereocenters. The minimum Gasteiger partial charge on any atom is -0.468 e. The van der Waals surface area contributed by atoms with E-state index < -0.39 is 0 Å². The summed E-state index contributed by atoms with van der Waals surface area (Å²) in [6.07, 6.45) is 3.88. The van der Waals surface area contributed by atoms with Crippen LogP contribution in [0.3, 0.4) is 0 Å². The third-order valence-corrected chi connectivity index (χ3v) is 2.79. The van der Waals surface area contributed by atoms with Gasteiger partial charge in [0, 0.05) is 6.04 Å². The minimum atomic E-state index is -0.194. The quantitative estimate of drug-likeness (QED) is 0.795. The molecule has 0 radical (unpaired) electrons. The highest BCUT2D eigenvalue weighted by molar-refractivity contribution is 5.81. The van der Waals surface area contributed by atoms with E-state index in [1.54, 1.807) is 6.26 Å². The lowest BCUT2D eigenvalue weighted by Gasteiger charge is -2.17. The Balaban J connectivity index is 1.81. The van der Waals surface area contributed by atoms with Gasteiger partial charge in [0.05, 0.1) is 18.3 Å². The van der Waals surface area contributed by atoms with E-state index >= 15 is 0 Å². The Morgan fingerprint density at radius 2 is 2.25 bits per heavy atom. The van der Waals surface area contributed by atoms with Crippen molar-refractivity contribution in [2.45, 2.75) is 44.8 Å². The summed E-state index contributed by atoms with van der Waals surface area (Å²) in [5.74, 6) is 0.923. The van der Waals surface area contributed by atoms with Crippen molar-refractivity contribution in [2.75, 3.05) is 0 Å². The molecule has 2 atom stereocenters. The van der Waals surface area contributed by atoms with Crippen LogP contribution >= 0.6 is 0 Å². The Morgan fingerprint density at radius 3 is 2.81 bits per heavy atom. The molecule has 88 valence electrons. The highest BCUT2D eigenvalue weighted by Crippen LogP contribution is 2.19. The van der Waals surface area contributed by atoms with Gasteiger partial charge in [0.2, 0.25) is 5.91 Å². The molecule has 1 amide bonds. The van der Waals surface area contributed by atoms with Crippen molar-refractivity contribution < 1.29 is 9.21 Å². The normalized spacial score (nSPS) is 19.1. The molecule has 0 aromatic carbocycles. The summed E-state index contributed by atoms with van der Waals surface area (Å²) in [6, 6.07) is 4.03. The molecule has 1 aromatic rings. The van der Waals surface area contributed by atoms with E-state index in [0.29, 0.717) is 6.04 Å². The topological polar surface area (TPSA) is 54.3 Å². The molecule has 2 N–H and O–H groups in total. The summed E-state index contributed by atoms with van der Waals surface area (Å²) in [4.78, 5) is 11.7. The summed E-state index contributed by atoms with van der Waals surface area (Å²) in [5, 5.41) is 6.18. The molecule has 1 saturated carbocycles. The van der Waals surface area contributed by atoms with Crippen LogP contribution in [0.5, 0.6) is 0 Å². The van der Waals surface area contributed by atoms with E-state index in [0.717, 1.165) is 18.6 Å². The Hall–Kier alpha value is -1.29. The first-order valence-electron chi connectivity index (χ1n) is 5.76. The Labute approximate surface area is 95.4 Å². The van der Waals surface area contributed by atoms with Crippen LogP contribution in [-0.4, -0.2) is 18.0 Å². The van der Waals surface area contributed by atoms with Crippen LogP contribution in [0.1, 0.15) is 38.5 Å². The molecule has 0 bridgehead atoms. The zero-order valence-corrected chi connectivity index (χ0v) is 9.69. The summed E-state index contributed by atoms with van der Waals surface area (Å²) < 4.78 is 5.28. The van der Waals surface area contributed by atoms with Crippen LogP contribution in [0, 0.1) is 0 Å². The van der Waals surface area contributed by atoms with E-state index in [1.807, 2.05) is 26.0 Å². The van der Waals surface area contributed by atoms with Gasteiger partial charge in [0.1, 0.15) is 5.76 Å². The van der Waals surface area contributed by atoms with E-state index in [2.05, 4.69) is 10.6 Å². The fourth-order valence-electron chi connectivity index (χ4n) is 1.62. The maximum absolute atomic E-state index is 11.7. The summed E-state index contributed by atoms with van der Waals surface area (Å²) >= 11 is 0. The Morgan fingerprint density at radius 1 is 1.50 bits per heavy atom. The monoisotopic (exact) mass is 222 g/mol. The van der Waals surface area contributed by atoms with Crippen LogP contribution < -0.4 is 10.6 Å². The second kappa shape index (κ2) is 4.70. The fourth-order valence-corrected chi connectivity index (χ4v) is 1.62. The first-order valence-corrected chi connectivity index (χ1v) is 5.76. The number of carbonyl (C=O) groups excluding carboxylic acids is 1. The SMILES string of the molecule is C[C@H](N[C@H](C)c1ccco1)C(=O)NC1CC1. The first kappa shape index (κ1) is 11.2. The number of hydrogen-bond acceptors (Lipinski definition) is 3. The van der Waals surface area contributed by atoms with Crippen molar-refractivity contribution in [1.29, 1.82) is 0 Å². The maximum Gasteiger partial charge on any atom is 0.237 e. The van der Waals surface area contributed by atoms with Crippen LogP contribution in [-0.2, 0) is 4.79 Å². The molecule has 0 aliphatic heterocycles. The van der Waals surface area contributed by atoms with Crippen molar-refractivity contribution in [3.05, 3.63) is 24.2 Å². The van der Waals surface area contributed by atoms with Gasteiger partial charge in [-0.05, 0) is 38.8 Å². The number of nitrogens with one attached hydrogen (secondary N) is 2. The molecular formula is C12H18N2O2. The third kappa shape index (κ3) is 2.85. The largest absolute Gasteiger partial charge is 0.468 e. The molecule has 0 saturated heterocycles. The smallest absolute Gasteiger partial charge is 0.237 e. The zero-order chi connectivity index (χ0) is 11.5. The summed E-state index contributed by atoms with van der Waals surface area (Å²) in [7, 11) is 0. The zero-order valence-electron chi connectivity index (χ0n) is 9.69. The van der Waals surface area contributed by atoms with E-state index in [1.165, 1.54) is 0 Å². The van der Waals surface area contributed by atoms with Crippen molar-refractivity contribution in [3.63, 3.8) is 0 Å². The van der Waals surface area contributed by atoms with Crippen LogP contribution in [0.25, 0.3) is 0 Å². The number of amides is 1. The number of carbonyl (C=O) groups is 1. The standard InChI is InChI=1S/C12H18N2O2/c1-8(11-4-3-7-16-11)13-9(2)12(15)14-10-5-6-10/h3-4,7-10,13H,5-6H2,1-2H3,(H,14,15)/t8-,9+/m1/s1. The second-order valence-corrected chi connectivity index (χ2v) is 4.41. The van der Waals surface area contributed by atoms with Gasteiger partial charge in [0.15, 0.2) is 0 Å². The van der Waals surface area contributed by atoms with Gasteiger partial charge in [-0.2, -0.15) is 0 Å². The molecule has 1 aromatic heterocycles. The summed E-state index contributed by atoms with van der Waals surface area (Å²) in [5.41, 5.74) is 0. The average molecular weight is 222 g/mol. The van der Waals surface area contributed by atoms with Gasteiger partial charge in [-0.3, -0.25) is 10.1 Å². The van der Waals surface area contributed by atoms with E-state index in [9.17, 15) is 4.79 Å². The predicted molar refractivity (Wildman–Crippen MR) is 60.9 cm³/mol. The van der Waals surface area contributed by atoms with Gasteiger partial charge >= 0.3 is 0 Å². The number of furan rings is 1. The van der Waals surface area contributed by atoms with Gasteiger partial charge in [0.25, 0.3) is 0 Å². The molecule has 4 heteroatoms. The number of rotatable bonds is 5. The molecule has 0 spiro atoms. The molecule has 2 rings (SSSR count). The minimum absolute atomic E-state index is 0.0509. The molecule has 1 aliphatic carbocycles. The van der Waals surface area contributed by atoms with E-state index in [4.69, 9.17) is 4.42 Å². The predicted octanol–water partition coefficient (Wildman–Crippen LogP) is 1.60. The van der Waals surface area contributed by atoms with Crippen molar-refractivity contribution >= 4 is 5.91 Å². The maximum atomic E-state index is 11.7. The Bertz CT molecular complexity index is 344. The Kier molecular flexibility index (Phi) is 3.29. The van der Waals surface area contributed by atoms with Crippen LogP contribution in [0.2, 0.25) is 0 Å². The molecule has 1 heterocycles. The van der Waals surface area contributed by atoms with Gasteiger partial charge in [-0.15, -0.1) is 0 Å². The number of hydrogen-bond donors (Lipinski definition) is 2. The van der Waals surface area contributed by atoms with Crippen molar-refractivity contribution in [2.24, 2.45) is 0 Å². The second-order valence-electron chi connectivity index (χ2n) is 4.41.